The van der Waals surface area contributed by atoms with Crippen molar-refractivity contribution in [3.05, 3.63) is 30.1 Å². The van der Waals surface area contributed by atoms with E-state index in [-0.39, 0.29) is 6.54 Å². The van der Waals surface area contributed by atoms with Gasteiger partial charge in [-0.2, -0.15) is 5.26 Å². The summed E-state index contributed by atoms with van der Waals surface area (Å²) in [6.45, 7) is 0.0710. The summed E-state index contributed by atoms with van der Waals surface area (Å²) in [5, 5.41) is 8.45. The predicted molar refractivity (Wildman–Crippen MR) is 45.3 cm³/mol. The van der Waals surface area contributed by atoms with Crippen LogP contribution in [-0.2, 0) is 6.54 Å². The highest BCUT2D eigenvalue weighted by molar-refractivity contribution is 5.75. The minimum Gasteiger partial charge on any atom is -0.316 e. The highest BCUT2D eigenvalue weighted by atomic mass is 19.2. The second kappa shape index (κ2) is 3.07. The van der Waals surface area contributed by atoms with E-state index in [2.05, 4.69) is 4.98 Å². The molecule has 0 atom stereocenters. The van der Waals surface area contributed by atoms with Crippen LogP contribution in [0.15, 0.2) is 18.5 Å². The fourth-order valence-electron chi connectivity index (χ4n) is 1.26. The van der Waals surface area contributed by atoms with E-state index in [4.69, 9.17) is 5.26 Å². The minimum absolute atomic E-state index is 0.0710. The number of halogens is 2. The van der Waals surface area contributed by atoms with Gasteiger partial charge < -0.3 is 4.57 Å². The number of rotatable bonds is 1. The number of nitriles is 1. The molecule has 1 aromatic carbocycles. The highest BCUT2D eigenvalue weighted by Crippen LogP contribution is 2.16. The molecule has 0 radical (unpaired) electrons. The average Bonchev–Trinajstić information content (AvgIpc) is 2.51. The molecule has 70 valence electrons. The summed E-state index contributed by atoms with van der Waals surface area (Å²) in [6.07, 6.45) is 1.38. The summed E-state index contributed by atoms with van der Waals surface area (Å²) in [4.78, 5) is 3.84. The number of nitrogens with zero attached hydrogens (tertiary/aromatic N) is 3. The topological polar surface area (TPSA) is 41.6 Å². The van der Waals surface area contributed by atoms with Gasteiger partial charge in [0.2, 0.25) is 0 Å². The van der Waals surface area contributed by atoms with Crippen molar-refractivity contribution in [1.82, 2.24) is 9.55 Å². The molecule has 1 heterocycles. The van der Waals surface area contributed by atoms with Crippen molar-refractivity contribution in [2.75, 3.05) is 0 Å². The SMILES string of the molecule is N#CCn1cnc2cc(F)c(F)cc21. The number of aromatic nitrogens is 2. The maximum Gasteiger partial charge on any atom is 0.161 e. The molecule has 1 aromatic heterocycles. The summed E-state index contributed by atoms with van der Waals surface area (Å²) >= 11 is 0. The van der Waals surface area contributed by atoms with E-state index < -0.39 is 11.6 Å². The van der Waals surface area contributed by atoms with Gasteiger partial charge in [0.25, 0.3) is 0 Å². The summed E-state index contributed by atoms with van der Waals surface area (Å²) in [6, 6.07) is 3.95. The lowest BCUT2D eigenvalue weighted by molar-refractivity contribution is 0.510. The van der Waals surface area contributed by atoms with Crippen molar-refractivity contribution >= 4 is 11.0 Å². The van der Waals surface area contributed by atoms with E-state index >= 15 is 0 Å². The third-order valence-electron chi connectivity index (χ3n) is 1.90. The first kappa shape index (κ1) is 8.63. The molecule has 0 aliphatic rings. The van der Waals surface area contributed by atoms with Crippen molar-refractivity contribution in [1.29, 1.82) is 5.26 Å². The molecule has 5 heteroatoms. The van der Waals surface area contributed by atoms with Gasteiger partial charge in [-0.15, -0.1) is 0 Å². The molecule has 0 aliphatic carbocycles. The van der Waals surface area contributed by atoms with Crippen molar-refractivity contribution in [2.45, 2.75) is 6.54 Å². The Bertz CT molecular complexity index is 525. The van der Waals surface area contributed by atoms with Gasteiger partial charge in [-0.25, -0.2) is 13.8 Å². The Hall–Kier alpha value is -1.96. The van der Waals surface area contributed by atoms with Crippen LogP contribution in [0.5, 0.6) is 0 Å². The Kier molecular flexibility index (Phi) is 1.89. The monoisotopic (exact) mass is 193 g/mol. The number of imidazole rings is 1. The van der Waals surface area contributed by atoms with Crippen molar-refractivity contribution in [2.24, 2.45) is 0 Å². The summed E-state index contributed by atoms with van der Waals surface area (Å²) in [5.41, 5.74) is 0.768. The smallest absolute Gasteiger partial charge is 0.161 e. The molecule has 2 aromatic rings. The Morgan fingerprint density at radius 3 is 2.79 bits per heavy atom. The lowest BCUT2D eigenvalue weighted by Crippen LogP contribution is -1.93. The molecule has 14 heavy (non-hydrogen) atoms. The largest absolute Gasteiger partial charge is 0.316 e. The third-order valence-corrected chi connectivity index (χ3v) is 1.90. The Morgan fingerprint density at radius 2 is 2.07 bits per heavy atom. The number of hydrogen-bond acceptors (Lipinski definition) is 2. The van der Waals surface area contributed by atoms with Gasteiger partial charge >= 0.3 is 0 Å². The second-order valence-electron chi connectivity index (χ2n) is 2.79. The summed E-state index contributed by atoms with van der Waals surface area (Å²) in [5.74, 6) is -1.86. The van der Waals surface area contributed by atoms with Gasteiger partial charge in [0.05, 0.1) is 23.4 Å². The zero-order valence-electron chi connectivity index (χ0n) is 7.04. The van der Waals surface area contributed by atoms with Gasteiger partial charge in [-0.1, -0.05) is 0 Å². The maximum atomic E-state index is 12.8. The Labute approximate surface area is 78.2 Å². The van der Waals surface area contributed by atoms with Crippen LogP contribution in [0.3, 0.4) is 0 Å². The standard InChI is InChI=1S/C9H5F2N3/c10-6-3-8-9(4-7(6)11)14(2-1-12)5-13-8/h3-5H,2H2. The average molecular weight is 193 g/mol. The van der Waals surface area contributed by atoms with Gasteiger partial charge in [-0.05, 0) is 0 Å². The molecule has 0 fully saturated rings. The molecule has 3 nitrogen and oxygen atoms in total. The minimum atomic E-state index is -0.933. The lowest BCUT2D eigenvalue weighted by Gasteiger charge is -1.97. The predicted octanol–water partition coefficient (Wildman–Crippen LogP) is 1.84. The molecule has 0 N–H and O–H groups in total. The van der Waals surface area contributed by atoms with Crippen LogP contribution in [-0.4, -0.2) is 9.55 Å². The van der Waals surface area contributed by atoms with Crippen LogP contribution in [0, 0.1) is 23.0 Å². The molecule has 0 aliphatic heterocycles. The molecule has 0 spiro atoms. The first-order valence-corrected chi connectivity index (χ1v) is 3.89. The second-order valence-corrected chi connectivity index (χ2v) is 2.79. The van der Waals surface area contributed by atoms with E-state index in [1.807, 2.05) is 6.07 Å². The van der Waals surface area contributed by atoms with E-state index in [0.29, 0.717) is 11.0 Å². The highest BCUT2D eigenvalue weighted by Gasteiger charge is 2.08. The molecular formula is C9H5F2N3. The quantitative estimate of drug-likeness (QED) is 0.693. The zero-order valence-corrected chi connectivity index (χ0v) is 7.04. The number of benzene rings is 1. The van der Waals surface area contributed by atoms with Crippen molar-refractivity contribution < 1.29 is 8.78 Å². The fourth-order valence-corrected chi connectivity index (χ4v) is 1.26. The maximum absolute atomic E-state index is 12.8. The molecule has 0 unspecified atom stereocenters. The van der Waals surface area contributed by atoms with E-state index in [0.717, 1.165) is 12.1 Å². The summed E-state index contributed by atoms with van der Waals surface area (Å²) < 4.78 is 27.1. The third kappa shape index (κ3) is 1.21. The molecule has 0 bridgehead atoms. The number of fused-ring (bicyclic) bond motifs is 1. The lowest BCUT2D eigenvalue weighted by atomic mass is 10.3. The van der Waals surface area contributed by atoms with Crippen LogP contribution >= 0.6 is 0 Å². The molecule has 0 saturated heterocycles. The molecular weight excluding hydrogens is 188 g/mol. The van der Waals surface area contributed by atoms with Crippen molar-refractivity contribution in [3.8, 4) is 6.07 Å². The van der Waals surface area contributed by atoms with E-state index in [9.17, 15) is 8.78 Å². The first-order chi connectivity index (χ1) is 6.72. The molecule has 2 rings (SSSR count). The van der Waals surface area contributed by atoms with Crippen LogP contribution in [0.4, 0.5) is 8.78 Å². The molecule has 0 amide bonds. The first-order valence-electron chi connectivity index (χ1n) is 3.89. The van der Waals surface area contributed by atoms with Crippen LogP contribution in [0.2, 0.25) is 0 Å². The van der Waals surface area contributed by atoms with E-state index in [1.165, 1.54) is 10.9 Å². The van der Waals surface area contributed by atoms with Crippen LogP contribution in [0.25, 0.3) is 11.0 Å². The summed E-state index contributed by atoms with van der Waals surface area (Å²) in [7, 11) is 0. The zero-order chi connectivity index (χ0) is 10.1. The molecule has 0 saturated carbocycles. The Morgan fingerprint density at radius 1 is 1.36 bits per heavy atom. The van der Waals surface area contributed by atoms with Gasteiger partial charge in [0.15, 0.2) is 11.6 Å². The van der Waals surface area contributed by atoms with Crippen LogP contribution in [0.1, 0.15) is 0 Å². The Balaban J connectivity index is 2.69. The normalized spacial score (nSPS) is 10.4. The van der Waals surface area contributed by atoms with Crippen LogP contribution < -0.4 is 0 Å². The van der Waals surface area contributed by atoms with E-state index in [1.54, 1.807) is 0 Å². The van der Waals surface area contributed by atoms with Gasteiger partial charge in [-0.3, -0.25) is 0 Å². The van der Waals surface area contributed by atoms with Crippen molar-refractivity contribution in [3.63, 3.8) is 0 Å². The van der Waals surface area contributed by atoms with Gasteiger partial charge in [0.1, 0.15) is 6.54 Å². The fraction of sp³-hybridized carbons (Fsp3) is 0.111. The van der Waals surface area contributed by atoms with Gasteiger partial charge in [0, 0.05) is 12.1 Å². The number of hydrogen-bond donors (Lipinski definition) is 0.